The molecule has 1 heterocycles. The lowest BCUT2D eigenvalue weighted by molar-refractivity contribution is 0.358. The van der Waals surface area contributed by atoms with E-state index in [1.807, 2.05) is 19.1 Å². The first-order chi connectivity index (χ1) is 7.65. The number of aryl methyl sites for hydroxylation is 1. The molecule has 0 amide bonds. The maximum Gasteiger partial charge on any atom is 0.129 e. The Morgan fingerprint density at radius 1 is 1.38 bits per heavy atom. The number of hydrogen-bond donors (Lipinski definition) is 1. The van der Waals surface area contributed by atoms with Gasteiger partial charge < -0.3 is 5.32 Å². The quantitative estimate of drug-likeness (QED) is 0.787. The van der Waals surface area contributed by atoms with Gasteiger partial charge in [0, 0.05) is 6.04 Å². The van der Waals surface area contributed by atoms with Crippen LogP contribution in [0.2, 0.25) is 5.15 Å². The van der Waals surface area contributed by atoms with Gasteiger partial charge in [-0.05, 0) is 37.8 Å². The Morgan fingerprint density at radius 3 is 2.88 bits per heavy atom. The molecule has 0 saturated heterocycles. The topological polar surface area (TPSA) is 24.9 Å². The third-order valence-corrected chi connectivity index (χ3v) is 3.56. The molecule has 1 N–H and O–H groups in total. The fourth-order valence-electron chi connectivity index (χ4n) is 2.47. The molecule has 0 aliphatic heterocycles. The molecule has 3 heteroatoms. The average Bonchev–Trinajstić information content (AvgIpc) is 2.22. The summed E-state index contributed by atoms with van der Waals surface area (Å²) in [5, 5.41) is 4.16. The van der Waals surface area contributed by atoms with Gasteiger partial charge in [0.1, 0.15) is 5.15 Å². The zero-order valence-corrected chi connectivity index (χ0v) is 10.7. The predicted octanol–water partition coefficient (Wildman–Crippen LogP) is 4.03. The van der Waals surface area contributed by atoms with Gasteiger partial charge >= 0.3 is 0 Å². The first-order valence-corrected chi connectivity index (χ1v) is 6.42. The number of aromatic nitrogens is 1. The van der Waals surface area contributed by atoms with E-state index in [1.54, 1.807) is 0 Å². The van der Waals surface area contributed by atoms with E-state index in [1.165, 1.54) is 25.7 Å². The van der Waals surface area contributed by atoms with E-state index < -0.39 is 0 Å². The number of anilines is 1. The van der Waals surface area contributed by atoms with Crippen molar-refractivity contribution in [1.82, 2.24) is 4.98 Å². The van der Waals surface area contributed by atoms with Crippen LogP contribution in [0.3, 0.4) is 0 Å². The Labute approximate surface area is 102 Å². The van der Waals surface area contributed by atoms with E-state index in [4.69, 9.17) is 11.6 Å². The molecule has 0 radical (unpaired) electrons. The first-order valence-electron chi connectivity index (χ1n) is 6.05. The number of rotatable bonds is 2. The molecule has 0 bridgehead atoms. The zero-order valence-electron chi connectivity index (χ0n) is 9.96. The van der Waals surface area contributed by atoms with Crippen LogP contribution in [0.4, 0.5) is 5.69 Å². The molecular weight excluding hydrogens is 220 g/mol. The molecule has 0 aromatic carbocycles. The number of nitrogens with zero attached hydrogens (tertiary/aromatic N) is 1. The second-order valence-corrected chi connectivity index (χ2v) is 5.27. The van der Waals surface area contributed by atoms with Gasteiger partial charge in [-0.15, -0.1) is 0 Å². The summed E-state index contributed by atoms with van der Waals surface area (Å²) in [6.07, 6.45) is 5.24. The Bertz CT molecular complexity index is 365. The minimum atomic E-state index is 0.570. The highest BCUT2D eigenvalue weighted by Crippen LogP contribution is 2.27. The maximum atomic E-state index is 5.84. The summed E-state index contributed by atoms with van der Waals surface area (Å²) in [6, 6.07) is 4.48. The minimum Gasteiger partial charge on any atom is -0.381 e. The molecule has 88 valence electrons. The van der Waals surface area contributed by atoms with Crippen molar-refractivity contribution in [3.63, 3.8) is 0 Å². The molecule has 1 aliphatic carbocycles. The molecule has 1 aliphatic rings. The van der Waals surface area contributed by atoms with Gasteiger partial charge in [0.15, 0.2) is 0 Å². The average molecular weight is 239 g/mol. The molecule has 1 aromatic rings. The van der Waals surface area contributed by atoms with Gasteiger partial charge in [-0.3, -0.25) is 0 Å². The molecule has 2 nitrogen and oxygen atoms in total. The van der Waals surface area contributed by atoms with Crippen LogP contribution >= 0.6 is 11.6 Å². The molecule has 1 aromatic heterocycles. The van der Waals surface area contributed by atoms with E-state index in [2.05, 4.69) is 17.2 Å². The van der Waals surface area contributed by atoms with Crippen molar-refractivity contribution in [2.24, 2.45) is 5.92 Å². The fraction of sp³-hybridized carbons (Fsp3) is 0.615. The van der Waals surface area contributed by atoms with Gasteiger partial charge in [-0.25, -0.2) is 4.98 Å². The van der Waals surface area contributed by atoms with Crippen molar-refractivity contribution in [3.8, 4) is 0 Å². The molecule has 2 unspecified atom stereocenters. The lowest BCUT2D eigenvalue weighted by atomic mass is 9.87. The molecule has 0 spiro atoms. The standard InChI is InChI=1S/C13H19ClN2/c1-9-4-3-5-11(8-9)16-12-6-7-13(14)15-10(12)2/h6-7,9,11,16H,3-5,8H2,1-2H3. The van der Waals surface area contributed by atoms with Crippen LogP contribution in [0.25, 0.3) is 0 Å². The lowest BCUT2D eigenvalue weighted by Gasteiger charge is -2.28. The van der Waals surface area contributed by atoms with Crippen LogP contribution in [-0.2, 0) is 0 Å². The Balaban J connectivity index is 2.02. The highest BCUT2D eigenvalue weighted by atomic mass is 35.5. The van der Waals surface area contributed by atoms with E-state index in [-0.39, 0.29) is 0 Å². The van der Waals surface area contributed by atoms with Crippen LogP contribution in [-0.4, -0.2) is 11.0 Å². The number of hydrogen-bond acceptors (Lipinski definition) is 2. The molecule has 1 fully saturated rings. The van der Waals surface area contributed by atoms with E-state index >= 15 is 0 Å². The smallest absolute Gasteiger partial charge is 0.129 e. The van der Waals surface area contributed by atoms with E-state index in [9.17, 15) is 0 Å². The molecule has 1 saturated carbocycles. The Kier molecular flexibility index (Phi) is 3.70. The van der Waals surface area contributed by atoms with E-state index in [0.717, 1.165) is 17.3 Å². The number of halogens is 1. The summed E-state index contributed by atoms with van der Waals surface area (Å²) in [5.41, 5.74) is 2.12. The third-order valence-electron chi connectivity index (χ3n) is 3.35. The summed E-state index contributed by atoms with van der Waals surface area (Å²) in [6.45, 7) is 4.33. The van der Waals surface area contributed by atoms with Crippen LogP contribution in [0.1, 0.15) is 38.3 Å². The van der Waals surface area contributed by atoms with Crippen molar-refractivity contribution in [2.45, 2.75) is 45.6 Å². The van der Waals surface area contributed by atoms with Gasteiger partial charge in [0.05, 0.1) is 11.4 Å². The Hall–Kier alpha value is -0.760. The minimum absolute atomic E-state index is 0.570. The number of pyridine rings is 1. The van der Waals surface area contributed by atoms with Crippen molar-refractivity contribution in [2.75, 3.05) is 5.32 Å². The third kappa shape index (κ3) is 2.88. The molecule has 16 heavy (non-hydrogen) atoms. The van der Waals surface area contributed by atoms with Crippen LogP contribution in [0, 0.1) is 12.8 Å². The highest BCUT2D eigenvalue weighted by molar-refractivity contribution is 6.29. The van der Waals surface area contributed by atoms with Crippen LogP contribution in [0.15, 0.2) is 12.1 Å². The second kappa shape index (κ2) is 5.05. The van der Waals surface area contributed by atoms with Gasteiger partial charge in [0.25, 0.3) is 0 Å². The van der Waals surface area contributed by atoms with Crippen LogP contribution in [0.5, 0.6) is 0 Å². The highest BCUT2D eigenvalue weighted by Gasteiger charge is 2.19. The van der Waals surface area contributed by atoms with Crippen LogP contribution < -0.4 is 5.32 Å². The predicted molar refractivity (Wildman–Crippen MR) is 69.0 cm³/mol. The SMILES string of the molecule is Cc1nc(Cl)ccc1NC1CCCC(C)C1. The summed E-state index contributed by atoms with van der Waals surface area (Å²) in [5.74, 6) is 0.840. The summed E-state index contributed by atoms with van der Waals surface area (Å²) in [4.78, 5) is 4.26. The van der Waals surface area contributed by atoms with Gasteiger partial charge in [-0.2, -0.15) is 0 Å². The van der Waals surface area contributed by atoms with Crippen molar-refractivity contribution < 1.29 is 0 Å². The second-order valence-electron chi connectivity index (χ2n) is 4.88. The van der Waals surface area contributed by atoms with Gasteiger partial charge in [-0.1, -0.05) is 31.4 Å². The van der Waals surface area contributed by atoms with Gasteiger partial charge in [0.2, 0.25) is 0 Å². The summed E-state index contributed by atoms with van der Waals surface area (Å²) < 4.78 is 0. The number of nitrogens with one attached hydrogen (secondary N) is 1. The molecule has 2 atom stereocenters. The maximum absolute atomic E-state index is 5.84. The van der Waals surface area contributed by atoms with Crippen molar-refractivity contribution in [3.05, 3.63) is 23.0 Å². The fourth-order valence-corrected chi connectivity index (χ4v) is 2.66. The normalized spacial score (nSPS) is 25.4. The summed E-state index contributed by atoms with van der Waals surface area (Å²) in [7, 11) is 0. The monoisotopic (exact) mass is 238 g/mol. The molecule has 2 rings (SSSR count). The lowest BCUT2D eigenvalue weighted by Crippen LogP contribution is -2.26. The first kappa shape index (κ1) is 11.7. The Morgan fingerprint density at radius 2 is 2.19 bits per heavy atom. The van der Waals surface area contributed by atoms with E-state index in [0.29, 0.717) is 11.2 Å². The van der Waals surface area contributed by atoms with Crippen molar-refractivity contribution in [1.29, 1.82) is 0 Å². The largest absolute Gasteiger partial charge is 0.381 e. The summed E-state index contributed by atoms with van der Waals surface area (Å²) >= 11 is 5.84. The van der Waals surface area contributed by atoms with Crippen molar-refractivity contribution >= 4 is 17.3 Å². The molecular formula is C13H19ClN2. The zero-order chi connectivity index (χ0) is 11.5.